The van der Waals surface area contributed by atoms with Gasteiger partial charge in [-0.1, -0.05) is 12.1 Å². The van der Waals surface area contributed by atoms with Crippen LogP contribution in [0.25, 0.3) is 11.3 Å². The Hall–Kier alpha value is -1.92. The number of aliphatic hydroxyl groups excluding tert-OH is 1. The van der Waals surface area contributed by atoms with Gasteiger partial charge in [-0.3, -0.25) is 4.68 Å². The molecule has 0 saturated carbocycles. The van der Waals surface area contributed by atoms with Crippen LogP contribution in [0.2, 0.25) is 0 Å². The molecule has 6 heteroatoms. The summed E-state index contributed by atoms with van der Waals surface area (Å²) in [5, 5.41) is 17.0. The first kappa shape index (κ1) is 14.5. The van der Waals surface area contributed by atoms with E-state index in [1.165, 1.54) is 0 Å². The van der Waals surface area contributed by atoms with E-state index in [-0.39, 0.29) is 12.6 Å². The standard InChI is InChI=1S/C14H20N4O2/c1-2-7-20-13-5-3-11(4-6-13)14-9-18(17-16-14)8-12(15)10-19/h3-6,9,12,19H,2,7-8,10,15H2,1H3/t12-/m0/s1. The SMILES string of the molecule is CCCOc1ccc(-c2cn(C[C@H](N)CO)nn2)cc1. The summed E-state index contributed by atoms with van der Waals surface area (Å²) < 4.78 is 7.17. The fraction of sp³-hybridized carbons (Fsp3) is 0.429. The highest BCUT2D eigenvalue weighted by Gasteiger charge is 2.07. The van der Waals surface area contributed by atoms with E-state index in [1.54, 1.807) is 4.68 Å². The Balaban J connectivity index is 2.04. The molecule has 1 heterocycles. The molecule has 20 heavy (non-hydrogen) atoms. The summed E-state index contributed by atoms with van der Waals surface area (Å²) >= 11 is 0. The zero-order valence-electron chi connectivity index (χ0n) is 11.6. The molecule has 2 rings (SSSR count). The molecule has 2 aromatic rings. The van der Waals surface area contributed by atoms with E-state index in [0.717, 1.165) is 23.4 Å². The lowest BCUT2D eigenvalue weighted by molar-refractivity contribution is 0.250. The Bertz CT molecular complexity index is 524. The first-order chi connectivity index (χ1) is 9.72. The Morgan fingerprint density at radius 1 is 1.35 bits per heavy atom. The summed E-state index contributed by atoms with van der Waals surface area (Å²) in [6, 6.07) is 7.42. The molecule has 0 radical (unpaired) electrons. The first-order valence-electron chi connectivity index (χ1n) is 6.72. The van der Waals surface area contributed by atoms with Gasteiger partial charge in [0.2, 0.25) is 0 Å². The topological polar surface area (TPSA) is 86.2 Å². The average molecular weight is 276 g/mol. The lowest BCUT2D eigenvalue weighted by Crippen LogP contribution is -2.30. The molecule has 1 aromatic carbocycles. The lowest BCUT2D eigenvalue weighted by Gasteiger charge is -2.06. The van der Waals surface area contributed by atoms with E-state index in [0.29, 0.717) is 13.2 Å². The molecule has 0 saturated heterocycles. The molecule has 1 aromatic heterocycles. The summed E-state index contributed by atoms with van der Waals surface area (Å²) in [6.07, 6.45) is 2.80. The van der Waals surface area contributed by atoms with Gasteiger partial charge in [0.1, 0.15) is 11.4 Å². The maximum atomic E-state index is 8.92. The van der Waals surface area contributed by atoms with Crippen LogP contribution in [-0.2, 0) is 6.54 Å². The van der Waals surface area contributed by atoms with Crippen molar-refractivity contribution in [2.24, 2.45) is 5.73 Å². The molecule has 0 bridgehead atoms. The van der Waals surface area contributed by atoms with Crippen LogP contribution in [0.1, 0.15) is 13.3 Å². The van der Waals surface area contributed by atoms with Gasteiger partial charge >= 0.3 is 0 Å². The van der Waals surface area contributed by atoms with Gasteiger partial charge in [-0.25, -0.2) is 0 Å². The number of rotatable bonds is 7. The third kappa shape index (κ3) is 3.79. The van der Waals surface area contributed by atoms with E-state index < -0.39 is 0 Å². The van der Waals surface area contributed by atoms with Crippen LogP contribution in [0, 0.1) is 0 Å². The first-order valence-corrected chi connectivity index (χ1v) is 6.72. The molecule has 0 unspecified atom stereocenters. The number of ether oxygens (including phenoxy) is 1. The van der Waals surface area contributed by atoms with Crippen molar-refractivity contribution in [3.05, 3.63) is 30.5 Å². The summed E-state index contributed by atoms with van der Waals surface area (Å²) in [4.78, 5) is 0. The van der Waals surface area contributed by atoms with Gasteiger partial charge in [-0.05, 0) is 30.7 Å². The van der Waals surface area contributed by atoms with Gasteiger partial charge in [0.25, 0.3) is 0 Å². The zero-order valence-corrected chi connectivity index (χ0v) is 11.6. The predicted octanol–water partition coefficient (Wildman–Crippen LogP) is 1.05. The number of hydrogen-bond donors (Lipinski definition) is 2. The number of nitrogens with two attached hydrogens (primary N) is 1. The van der Waals surface area contributed by atoms with Crippen molar-refractivity contribution < 1.29 is 9.84 Å². The molecule has 0 spiro atoms. The Kier molecular flexibility index (Phi) is 5.09. The number of nitrogens with zero attached hydrogens (tertiary/aromatic N) is 3. The van der Waals surface area contributed by atoms with Crippen molar-refractivity contribution in [2.75, 3.05) is 13.2 Å². The van der Waals surface area contributed by atoms with Crippen LogP contribution in [-0.4, -0.2) is 39.4 Å². The lowest BCUT2D eigenvalue weighted by atomic mass is 10.1. The Morgan fingerprint density at radius 3 is 2.75 bits per heavy atom. The summed E-state index contributed by atoms with van der Waals surface area (Å²) in [5.74, 6) is 0.852. The number of hydrogen-bond acceptors (Lipinski definition) is 5. The molecule has 0 amide bonds. The van der Waals surface area contributed by atoms with Crippen molar-refractivity contribution in [1.82, 2.24) is 15.0 Å². The van der Waals surface area contributed by atoms with Crippen LogP contribution in [0.5, 0.6) is 5.75 Å². The smallest absolute Gasteiger partial charge is 0.119 e. The number of aliphatic hydroxyl groups is 1. The molecule has 0 aliphatic carbocycles. The third-order valence-corrected chi connectivity index (χ3v) is 2.82. The van der Waals surface area contributed by atoms with Crippen molar-refractivity contribution in [3.63, 3.8) is 0 Å². The fourth-order valence-corrected chi connectivity index (χ4v) is 1.76. The predicted molar refractivity (Wildman–Crippen MR) is 76.3 cm³/mol. The van der Waals surface area contributed by atoms with Crippen LogP contribution >= 0.6 is 0 Å². The molecule has 6 nitrogen and oxygen atoms in total. The minimum atomic E-state index is -0.325. The highest BCUT2D eigenvalue weighted by Crippen LogP contribution is 2.20. The van der Waals surface area contributed by atoms with Crippen molar-refractivity contribution in [1.29, 1.82) is 0 Å². The monoisotopic (exact) mass is 276 g/mol. The summed E-state index contributed by atoms with van der Waals surface area (Å²) in [6.45, 7) is 3.16. The van der Waals surface area contributed by atoms with Crippen LogP contribution in [0.3, 0.4) is 0 Å². The second kappa shape index (κ2) is 7.02. The maximum absolute atomic E-state index is 8.92. The Labute approximate surface area is 118 Å². The molecule has 108 valence electrons. The molecule has 0 aliphatic rings. The van der Waals surface area contributed by atoms with Crippen molar-refractivity contribution in [3.8, 4) is 17.0 Å². The van der Waals surface area contributed by atoms with Gasteiger partial charge < -0.3 is 15.6 Å². The highest BCUT2D eigenvalue weighted by molar-refractivity contribution is 5.58. The molecule has 0 aliphatic heterocycles. The zero-order chi connectivity index (χ0) is 14.4. The van der Waals surface area contributed by atoms with Gasteiger partial charge in [0.15, 0.2) is 0 Å². The van der Waals surface area contributed by atoms with Gasteiger partial charge in [0.05, 0.1) is 26.0 Å². The van der Waals surface area contributed by atoms with E-state index in [9.17, 15) is 0 Å². The number of benzene rings is 1. The number of aromatic nitrogens is 3. The molecular weight excluding hydrogens is 256 g/mol. The maximum Gasteiger partial charge on any atom is 0.119 e. The minimum absolute atomic E-state index is 0.0708. The highest BCUT2D eigenvalue weighted by atomic mass is 16.5. The van der Waals surface area contributed by atoms with Gasteiger partial charge in [-0.2, -0.15) is 0 Å². The molecule has 1 atom stereocenters. The molecular formula is C14H20N4O2. The molecule has 0 fully saturated rings. The third-order valence-electron chi connectivity index (χ3n) is 2.82. The Morgan fingerprint density at radius 2 is 2.10 bits per heavy atom. The minimum Gasteiger partial charge on any atom is -0.494 e. The largest absolute Gasteiger partial charge is 0.494 e. The fourth-order valence-electron chi connectivity index (χ4n) is 1.76. The van der Waals surface area contributed by atoms with Crippen molar-refractivity contribution >= 4 is 0 Å². The van der Waals surface area contributed by atoms with E-state index in [4.69, 9.17) is 15.6 Å². The van der Waals surface area contributed by atoms with E-state index in [1.807, 2.05) is 30.5 Å². The molecule has 3 N–H and O–H groups in total. The second-order valence-corrected chi connectivity index (χ2v) is 4.64. The summed E-state index contributed by atoms with van der Waals surface area (Å²) in [5.41, 5.74) is 7.41. The van der Waals surface area contributed by atoms with Crippen LogP contribution in [0.4, 0.5) is 0 Å². The van der Waals surface area contributed by atoms with Crippen molar-refractivity contribution in [2.45, 2.75) is 25.9 Å². The van der Waals surface area contributed by atoms with Crippen LogP contribution < -0.4 is 10.5 Å². The van der Waals surface area contributed by atoms with E-state index >= 15 is 0 Å². The second-order valence-electron chi connectivity index (χ2n) is 4.64. The van der Waals surface area contributed by atoms with E-state index in [2.05, 4.69) is 17.2 Å². The van der Waals surface area contributed by atoms with Crippen LogP contribution in [0.15, 0.2) is 30.5 Å². The average Bonchev–Trinajstić information content (AvgIpc) is 2.94. The quantitative estimate of drug-likeness (QED) is 0.789. The van der Waals surface area contributed by atoms with Gasteiger partial charge in [-0.15, -0.1) is 5.10 Å². The summed E-state index contributed by atoms with van der Waals surface area (Å²) in [7, 11) is 0. The van der Waals surface area contributed by atoms with Gasteiger partial charge in [0, 0.05) is 11.6 Å². The normalized spacial score (nSPS) is 12.3.